The number of rotatable bonds is 17. The first-order valence-corrected chi connectivity index (χ1v) is 22.6. The first-order valence-electron chi connectivity index (χ1n) is 17.6. The van der Waals surface area contributed by atoms with Gasteiger partial charge in [-0.3, -0.25) is 14.1 Å². The number of fused-ring (bicyclic) bond motifs is 2. The number of thiazole rings is 1. The lowest BCUT2D eigenvalue weighted by Gasteiger charge is -2.27. The lowest BCUT2D eigenvalue weighted by atomic mass is 9.83. The number of hydroxylamine groups is 2. The van der Waals surface area contributed by atoms with Gasteiger partial charge in [-0.05, 0) is 61.2 Å². The fourth-order valence-corrected chi connectivity index (χ4v) is 9.71. The van der Waals surface area contributed by atoms with Gasteiger partial charge in [0.1, 0.15) is 4.70 Å². The fourth-order valence-electron chi connectivity index (χ4n) is 6.61. The molecule has 0 aliphatic carbocycles. The van der Waals surface area contributed by atoms with Crippen LogP contribution in [0.4, 0.5) is 5.69 Å². The van der Waals surface area contributed by atoms with Crippen LogP contribution in [-0.4, -0.2) is 83.7 Å². The molecule has 2 aliphatic heterocycles. The predicted molar refractivity (Wildman–Crippen MR) is 207 cm³/mol. The molecule has 1 unspecified atom stereocenters. The summed E-state index contributed by atoms with van der Waals surface area (Å²) in [6.45, 7) is 4.92. The van der Waals surface area contributed by atoms with Gasteiger partial charge < -0.3 is 14.3 Å². The molecule has 0 radical (unpaired) electrons. The zero-order valence-electron chi connectivity index (χ0n) is 31.0. The molecule has 55 heavy (non-hydrogen) atoms. The van der Waals surface area contributed by atoms with E-state index in [1.165, 1.54) is 37.6 Å². The standard InChI is InChI=1S/C36H44N4O11S4/c1-36(2)27-23-26(55(48,49)50)15-16-28(27)38(20-7-5-6-13-35(43)51-40-32(41)18-19-33(40)42)31(36)11-10-12-34-39(21-8-9-22-53(44)45)29-17-14-25(24-30(29)52-34)54(46,47)37(3)4/h10-12,14-17,23-24H,5-9,13,18-22H2,1-4H3,(H-,44,45,48,49,50)/p+1. The van der Waals surface area contributed by atoms with Gasteiger partial charge in [0.15, 0.2) is 17.6 Å². The Hall–Kier alpha value is -3.85. The van der Waals surface area contributed by atoms with E-state index < -0.39 is 54.4 Å². The van der Waals surface area contributed by atoms with E-state index >= 15 is 0 Å². The molecule has 0 spiro atoms. The summed E-state index contributed by atoms with van der Waals surface area (Å²) in [6.07, 6.45) is 8.55. The van der Waals surface area contributed by atoms with E-state index in [2.05, 4.69) is 4.90 Å². The summed E-state index contributed by atoms with van der Waals surface area (Å²) in [5.74, 6) is -1.61. The number of aryl methyl sites for hydroxylation is 1. The number of carbonyl (C=O) groups excluding carboxylic acids is 3. The summed E-state index contributed by atoms with van der Waals surface area (Å²) in [5, 5.41) is 1.35. The predicted octanol–water partition coefficient (Wildman–Crippen LogP) is 4.55. The van der Waals surface area contributed by atoms with Gasteiger partial charge in [0, 0.05) is 81.0 Å². The highest BCUT2D eigenvalue weighted by Crippen LogP contribution is 2.48. The maximum absolute atomic E-state index is 12.9. The van der Waals surface area contributed by atoms with Crippen LogP contribution in [0, 0.1) is 0 Å². The molecule has 3 aromatic rings. The van der Waals surface area contributed by atoms with E-state index in [1.54, 1.807) is 24.3 Å². The van der Waals surface area contributed by atoms with E-state index in [9.17, 15) is 44.5 Å². The quantitative estimate of drug-likeness (QED) is 0.0633. The number of hydrogen-bond acceptors (Lipinski definition) is 11. The van der Waals surface area contributed by atoms with Crippen molar-refractivity contribution in [1.29, 1.82) is 0 Å². The highest BCUT2D eigenvalue weighted by Gasteiger charge is 2.40. The normalized spacial score (nSPS) is 17.3. The number of benzene rings is 2. The Morgan fingerprint density at radius 2 is 1.69 bits per heavy atom. The molecule has 0 saturated carbocycles. The van der Waals surface area contributed by atoms with Crippen molar-refractivity contribution in [2.45, 2.75) is 87.0 Å². The number of allylic oxidation sites excluding steroid dienone is 3. The van der Waals surface area contributed by atoms with Gasteiger partial charge in [0.05, 0.1) is 9.79 Å². The van der Waals surface area contributed by atoms with Crippen molar-refractivity contribution >= 4 is 82.3 Å². The third-order valence-corrected chi connectivity index (χ3v) is 14.0. The highest BCUT2D eigenvalue weighted by atomic mass is 32.2. The zero-order valence-corrected chi connectivity index (χ0v) is 34.2. The van der Waals surface area contributed by atoms with Crippen LogP contribution in [0.5, 0.6) is 0 Å². The third-order valence-electron chi connectivity index (χ3n) is 9.55. The molecule has 3 heterocycles. The van der Waals surface area contributed by atoms with E-state index in [0.717, 1.165) is 30.9 Å². The second-order valence-electron chi connectivity index (χ2n) is 13.9. The monoisotopic (exact) mass is 837 g/mol. The summed E-state index contributed by atoms with van der Waals surface area (Å²) < 4.78 is 84.3. The van der Waals surface area contributed by atoms with E-state index in [0.29, 0.717) is 55.8 Å². The van der Waals surface area contributed by atoms with Gasteiger partial charge in [-0.25, -0.2) is 21.7 Å². The lowest BCUT2D eigenvalue weighted by Crippen LogP contribution is -2.35. The van der Waals surface area contributed by atoms with Crippen LogP contribution in [-0.2, 0) is 62.4 Å². The molecule has 2 amide bonds. The van der Waals surface area contributed by atoms with E-state index in [4.69, 9.17) is 4.84 Å². The van der Waals surface area contributed by atoms with Crippen LogP contribution in [0.3, 0.4) is 0 Å². The van der Waals surface area contributed by atoms with Crippen molar-refractivity contribution in [3.63, 3.8) is 0 Å². The van der Waals surface area contributed by atoms with Gasteiger partial charge in [-0.2, -0.15) is 13.0 Å². The van der Waals surface area contributed by atoms with Crippen LogP contribution in [0.25, 0.3) is 16.3 Å². The van der Waals surface area contributed by atoms with Gasteiger partial charge in [0.2, 0.25) is 15.5 Å². The number of sulfonamides is 1. The first kappa shape index (κ1) is 42.3. The van der Waals surface area contributed by atoms with Crippen molar-refractivity contribution in [2.24, 2.45) is 0 Å². The maximum atomic E-state index is 12.9. The largest absolute Gasteiger partial charge is 0.344 e. The molecule has 0 bridgehead atoms. The second kappa shape index (κ2) is 17.1. The summed E-state index contributed by atoms with van der Waals surface area (Å²) in [5.41, 5.74) is 2.41. The molecular formula is C36H45N4O11S4+. The van der Waals surface area contributed by atoms with Crippen LogP contribution in [0.1, 0.15) is 75.8 Å². The molecule has 5 rings (SSSR count). The second-order valence-corrected chi connectivity index (χ2v) is 19.6. The number of hydrogen-bond donors (Lipinski definition) is 2. The smallest absolute Gasteiger partial charge is 0.333 e. The highest BCUT2D eigenvalue weighted by molar-refractivity contribution is 7.89. The molecule has 2 aliphatic rings. The van der Waals surface area contributed by atoms with E-state index in [1.807, 2.05) is 36.6 Å². The van der Waals surface area contributed by atoms with Gasteiger partial charge >= 0.3 is 5.97 Å². The third kappa shape index (κ3) is 9.58. The molecule has 1 aromatic heterocycles. The minimum atomic E-state index is -4.47. The van der Waals surface area contributed by atoms with Gasteiger partial charge in [0.25, 0.3) is 26.9 Å². The van der Waals surface area contributed by atoms with Crippen molar-refractivity contribution in [2.75, 3.05) is 31.3 Å². The molecule has 2 N–H and O–H groups in total. The molecule has 15 nitrogen and oxygen atoms in total. The SMILES string of the molecule is CN(C)S(=O)(=O)c1ccc2c(c1)sc(/C=C/C=C1/N(CCCCCC(=O)ON3C(=O)CCC3=O)c3ccc(S(=O)(=O)O)cc3C1(C)C)[n+]2CCCCS(=O)O. The van der Waals surface area contributed by atoms with Crippen LogP contribution >= 0.6 is 11.3 Å². The Morgan fingerprint density at radius 1 is 1.00 bits per heavy atom. The van der Waals surface area contributed by atoms with Crippen molar-refractivity contribution < 1.29 is 53.9 Å². The Bertz CT molecular complexity index is 2280. The Labute approximate surface area is 327 Å². The molecule has 1 saturated heterocycles. The molecule has 1 fully saturated rings. The molecule has 1 atom stereocenters. The first-order chi connectivity index (χ1) is 25.8. The lowest BCUT2D eigenvalue weighted by molar-refractivity contribution is -0.669. The number of amides is 2. The zero-order chi connectivity index (χ0) is 40.3. The fraction of sp³-hybridized carbons (Fsp3) is 0.444. The number of unbranched alkanes of at least 4 members (excludes halogenated alkanes) is 3. The molecule has 19 heteroatoms. The number of imide groups is 1. The maximum Gasteiger partial charge on any atom is 0.333 e. The van der Waals surface area contributed by atoms with Crippen molar-refractivity contribution in [3.05, 3.63) is 64.8 Å². The number of aromatic nitrogens is 1. The number of nitrogens with zero attached hydrogens (tertiary/aromatic N) is 4. The minimum Gasteiger partial charge on any atom is -0.344 e. The Kier molecular flexibility index (Phi) is 13.2. The Morgan fingerprint density at radius 3 is 2.35 bits per heavy atom. The van der Waals surface area contributed by atoms with Crippen molar-refractivity contribution in [3.8, 4) is 0 Å². The summed E-state index contributed by atoms with van der Waals surface area (Å²) >= 11 is -0.505. The van der Waals surface area contributed by atoms with E-state index in [-0.39, 0.29) is 34.8 Å². The average molecular weight is 838 g/mol. The Balaban J connectivity index is 1.42. The molecule has 2 aromatic carbocycles. The number of anilines is 1. The van der Waals surface area contributed by atoms with Gasteiger partial charge in [-0.15, -0.1) is 5.06 Å². The van der Waals surface area contributed by atoms with Gasteiger partial charge in [-0.1, -0.05) is 37.7 Å². The number of carbonyl (C=O) groups is 3. The average Bonchev–Trinajstić information content (AvgIpc) is 3.69. The summed E-state index contributed by atoms with van der Waals surface area (Å²) in [7, 11) is -5.21. The molecule has 298 valence electrons. The van der Waals surface area contributed by atoms with Crippen molar-refractivity contribution in [1.82, 2.24) is 9.37 Å². The minimum absolute atomic E-state index is 0.0118. The summed E-state index contributed by atoms with van der Waals surface area (Å²) in [6, 6.07) is 9.45. The van der Waals surface area contributed by atoms with Crippen LogP contribution in [0.2, 0.25) is 0 Å². The summed E-state index contributed by atoms with van der Waals surface area (Å²) in [4.78, 5) is 42.8. The van der Waals surface area contributed by atoms with Crippen LogP contribution < -0.4 is 9.47 Å². The topological polar surface area (TPSA) is 200 Å². The van der Waals surface area contributed by atoms with Crippen LogP contribution in [0.15, 0.2) is 64.0 Å². The molecular weight excluding hydrogens is 793 g/mol.